The lowest BCUT2D eigenvalue weighted by atomic mass is 10.3. The minimum absolute atomic E-state index is 0.0337. The van der Waals surface area contributed by atoms with Crippen LogP contribution in [0.3, 0.4) is 0 Å². The van der Waals surface area contributed by atoms with E-state index in [0.29, 0.717) is 6.54 Å². The van der Waals surface area contributed by atoms with Gasteiger partial charge in [0.15, 0.2) is 4.96 Å². The van der Waals surface area contributed by atoms with Gasteiger partial charge in [-0.05, 0) is 0 Å². The Morgan fingerprint density at radius 3 is 2.80 bits per heavy atom. The minimum atomic E-state index is -0.0337. The molecule has 6 nitrogen and oxygen atoms in total. The largest absolute Gasteiger partial charge is 0.340 e. The average Bonchev–Trinajstić information content (AvgIpc) is 2.88. The summed E-state index contributed by atoms with van der Waals surface area (Å²) in [5, 5.41) is 1.86. The van der Waals surface area contributed by atoms with Gasteiger partial charge in [-0.25, -0.2) is 4.98 Å². The van der Waals surface area contributed by atoms with Crippen molar-refractivity contribution >= 4 is 22.2 Å². The van der Waals surface area contributed by atoms with Crippen LogP contribution in [0.4, 0.5) is 0 Å². The second kappa shape index (κ2) is 5.34. The fourth-order valence-corrected chi connectivity index (χ4v) is 3.16. The molecule has 3 heterocycles. The normalized spacial score (nSPS) is 16.8. The number of fused-ring (bicyclic) bond motifs is 1. The second-order valence-corrected chi connectivity index (χ2v) is 5.80. The quantitative estimate of drug-likeness (QED) is 0.805. The number of hydrogen-bond donors (Lipinski definition) is 0. The van der Waals surface area contributed by atoms with Gasteiger partial charge in [-0.1, -0.05) is 0 Å². The van der Waals surface area contributed by atoms with Crippen LogP contribution in [0.25, 0.3) is 4.96 Å². The first-order valence-electron chi connectivity index (χ1n) is 6.57. The van der Waals surface area contributed by atoms with Crippen molar-refractivity contribution in [2.75, 3.05) is 26.2 Å². The summed E-state index contributed by atoms with van der Waals surface area (Å²) in [5.41, 5.74) is 0.766. The van der Waals surface area contributed by atoms with E-state index in [1.54, 1.807) is 23.6 Å². The van der Waals surface area contributed by atoms with Crippen molar-refractivity contribution in [3.63, 3.8) is 0 Å². The highest BCUT2D eigenvalue weighted by Crippen LogP contribution is 2.10. The average molecular weight is 292 g/mol. The molecule has 2 aromatic heterocycles. The monoisotopic (exact) mass is 292 g/mol. The lowest BCUT2D eigenvalue weighted by Gasteiger charge is -2.33. The van der Waals surface area contributed by atoms with E-state index in [-0.39, 0.29) is 11.5 Å². The summed E-state index contributed by atoms with van der Waals surface area (Å²) in [4.78, 5) is 32.5. The molecule has 1 aliphatic rings. The summed E-state index contributed by atoms with van der Waals surface area (Å²) in [6.45, 7) is 5.40. The van der Waals surface area contributed by atoms with Gasteiger partial charge in [0, 0.05) is 57.3 Å². The number of aromatic nitrogens is 2. The third-order valence-corrected chi connectivity index (χ3v) is 4.32. The number of amides is 1. The summed E-state index contributed by atoms with van der Waals surface area (Å²) in [5.74, 6) is 0.126. The number of nitrogens with zero attached hydrogens (tertiary/aromatic N) is 4. The van der Waals surface area contributed by atoms with Crippen LogP contribution in [0.15, 0.2) is 22.4 Å². The van der Waals surface area contributed by atoms with Crippen molar-refractivity contribution in [3.8, 4) is 0 Å². The summed E-state index contributed by atoms with van der Waals surface area (Å²) in [6, 6.07) is 1.59. The summed E-state index contributed by atoms with van der Waals surface area (Å²) < 4.78 is 1.56. The van der Waals surface area contributed by atoms with E-state index in [0.717, 1.165) is 36.8 Å². The highest BCUT2D eigenvalue weighted by molar-refractivity contribution is 7.15. The molecule has 7 heteroatoms. The maximum atomic E-state index is 11.9. The molecular formula is C13H16N4O2S. The van der Waals surface area contributed by atoms with Crippen LogP contribution >= 0.6 is 11.3 Å². The molecule has 1 saturated heterocycles. The van der Waals surface area contributed by atoms with Crippen LogP contribution in [0.2, 0.25) is 0 Å². The van der Waals surface area contributed by atoms with E-state index in [4.69, 9.17) is 0 Å². The third-order valence-electron chi connectivity index (χ3n) is 3.56. The Bertz CT molecular complexity index is 685. The Balaban J connectivity index is 1.71. The molecule has 0 aromatic carbocycles. The van der Waals surface area contributed by atoms with Crippen LogP contribution in [0, 0.1) is 0 Å². The van der Waals surface area contributed by atoms with E-state index in [2.05, 4.69) is 9.88 Å². The summed E-state index contributed by atoms with van der Waals surface area (Å²) >= 11 is 1.46. The molecule has 0 atom stereocenters. The van der Waals surface area contributed by atoms with Crippen LogP contribution < -0.4 is 5.56 Å². The van der Waals surface area contributed by atoms with E-state index in [1.165, 1.54) is 11.3 Å². The van der Waals surface area contributed by atoms with Gasteiger partial charge in [-0.15, -0.1) is 11.3 Å². The first-order valence-corrected chi connectivity index (χ1v) is 7.45. The fraction of sp³-hybridized carbons (Fsp3) is 0.462. The standard InChI is InChI=1S/C13H16N4O2S/c1-10(18)16-4-2-15(3-5-16)9-11-8-12(19)17-6-7-20-13(17)14-11/h6-8H,2-5,9H2,1H3. The SMILES string of the molecule is CC(=O)N1CCN(Cc2cc(=O)n3ccsc3n2)CC1. The zero-order valence-electron chi connectivity index (χ0n) is 11.3. The Morgan fingerprint density at radius 2 is 2.10 bits per heavy atom. The lowest BCUT2D eigenvalue weighted by Crippen LogP contribution is -2.47. The molecule has 3 rings (SSSR count). The Hall–Kier alpha value is -1.73. The zero-order chi connectivity index (χ0) is 14.1. The number of hydrogen-bond acceptors (Lipinski definition) is 5. The van der Waals surface area contributed by atoms with Crippen molar-refractivity contribution in [2.24, 2.45) is 0 Å². The summed E-state index contributed by atoms with van der Waals surface area (Å²) in [7, 11) is 0. The smallest absolute Gasteiger partial charge is 0.258 e. The Kier molecular flexibility index (Phi) is 3.54. The molecule has 1 amide bonds. The predicted octanol–water partition coefficient (Wildman–Crippen LogP) is 0.420. The highest BCUT2D eigenvalue weighted by atomic mass is 32.1. The molecule has 0 spiro atoms. The summed E-state index contributed by atoms with van der Waals surface area (Å²) in [6.07, 6.45) is 1.74. The molecule has 0 unspecified atom stereocenters. The first-order chi connectivity index (χ1) is 9.63. The molecule has 0 N–H and O–H groups in total. The number of piperazine rings is 1. The van der Waals surface area contributed by atoms with Crippen LogP contribution in [-0.2, 0) is 11.3 Å². The molecule has 106 valence electrons. The first kappa shape index (κ1) is 13.3. The van der Waals surface area contributed by atoms with Gasteiger partial charge < -0.3 is 4.90 Å². The van der Waals surface area contributed by atoms with Gasteiger partial charge in [0.05, 0.1) is 5.69 Å². The Morgan fingerprint density at radius 1 is 1.35 bits per heavy atom. The van der Waals surface area contributed by atoms with E-state index in [1.807, 2.05) is 10.3 Å². The van der Waals surface area contributed by atoms with Crippen molar-refractivity contribution < 1.29 is 4.79 Å². The van der Waals surface area contributed by atoms with Crippen LogP contribution in [0.1, 0.15) is 12.6 Å². The van der Waals surface area contributed by atoms with Crippen molar-refractivity contribution in [2.45, 2.75) is 13.5 Å². The topological polar surface area (TPSA) is 57.9 Å². The van der Waals surface area contributed by atoms with E-state index >= 15 is 0 Å². The maximum absolute atomic E-state index is 11.9. The fourth-order valence-electron chi connectivity index (χ4n) is 2.42. The highest BCUT2D eigenvalue weighted by Gasteiger charge is 2.19. The minimum Gasteiger partial charge on any atom is -0.340 e. The van der Waals surface area contributed by atoms with Crippen molar-refractivity contribution in [1.29, 1.82) is 0 Å². The van der Waals surface area contributed by atoms with Gasteiger partial charge >= 0.3 is 0 Å². The predicted molar refractivity (Wildman–Crippen MR) is 76.9 cm³/mol. The second-order valence-electron chi connectivity index (χ2n) is 4.92. The van der Waals surface area contributed by atoms with E-state index in [9.17, 15) is 9.59 Å². The zero-order valence-corrected chi connectivity index (χ0v) is 12.1. The molecule has 0 saturated carbocycles. The third kappa shape index (κ3) is 2.59. The molecular weight excluding hydrogens is 276 g/mol. The van der Waals surface area contributed by atoms with Gasteiger partial charge in [0.2, 0.25) is 5.91 Å². The van der Waals surface area contributed by atoms with Crippen molar-refractivity contribution in [3.05, 3.63) is 33.7 Å². The molecule has 1 aliphatic heterocycles. The van der Waals surface area contributed by atoms with E-state index < -0.39 is 0 Å². The molecule has 20 heavy (non-hydrogen) atoms. The number of carbonyl (C=O) groups excluding carboxylic acids is 1. The van der Waals surface area contributed by atoms with Crippen LogP contribution in [-0.4, -0.2) is 51.3 Å². The molecule has 0 bridgehead atoms. The van der Waals surface area contributed by atoms with Crippen molar-refractivity contribution in [1.82, 2.24) is 19.2 Å². The molecule has 2 aromatic rings. The van der Waals surface area contributed by atoms with Gasteiger partial charge in [0.25, 0.3) is 5.56 Å². The molecule has 0 radical (unpaired) electrons. The molecule has 0 aliphatic carbocycles. The maximum Gasteiger partial charge on any atom is 0.258 e. The van der Waals surface area contributed by atoms with Gasteiger partial charge in [0.1, 0.15) is 0 Å². The Labute approximate surface area is 120 Å². The lowest BCUT2D eigenvalue weighted by molar-refractivity contribution is -0.130. The molecule has 1 fully saturated rings. The van der Waals surface area contributed by atoms with Crippen LogP contribution in [0.5, 0.6) is 0 Å². The number of rotatable bonds is 2. The van der Waals surface area contributed by atoms with Gasteiger partial charge in [-0.3, -0.25) is 18.9 Å². The number of carbonyl (C=O) groups is 1. The number of thiazole rings is 1. The van der Waals surface area contributed by atoms with Gasteiger partial charge in [-0.2, -0.15) is 0 Å².